The minimum absolute atomic E-state index is 0.0730. The van der Waals surface area contributed by atoms with Crippen LogP contribution < -0.4 is 10.0 Å². The smallest absolute Gasteiger partial charge is 0.243 e. The van der Waals surface area contributed by atoms with Crippen molar-refractivity contribution in [1.82, 2.24) is 4.72 Å². The number of para-hydroxylation sites is 1. The van der Waals surface area contributed by atoms with Crippen LogP contribution in [0.2, 0.25) is 0 Å². The molecule has 0 spiro atoms. The molecule has 1 aromatic heterocycles. The van der Waals surface area contributed by atoms with E-state index in [1.54, 1.807) is 50.3 Å². The molecule has 24 heavy (non-hydrogen) atoms. The van der Waals surface area contributed by atoms with Crippen molar-refractivity contribution in [3.8, 4) is 0 Å². The van der Waals surface area contributed by atoms with Crippen molar-refractivity contribution in [1.29, 1.82) is 0 Å². The molecule has 5 nitrogen and oxygen atoms in total. The minimum atomic E-state index is -3.72. The summed E-state index contributed by atoms with van der Waals surface area (Å²) in [5.74, 6) is -0.209. The lowest BCUT2D eigenvalue weighted by atomic mass is 10.1. The van der Waals surface area contributed by atoms with E-state index in [1.165, 1.54) is 6.07 Å². The van der Waals surface area contributed by atoms with Gasteiger partial charge >= 0.3 is 0 Å². The van der Waals surface area contributed by atoms with Gasteiger partial charge in [-0.15, -0.1) is 0 Å². The Morgan fingerprint density at radius 3 is 2.50 bits per heavy atom. The lowest BCUT2D eigenvalue weighted by Gasteiger charge is -2.21. The van der Waals surface area contributed by atoms with E-state index in [2.05, 4.69) is 10.0 Å². The van der Waals surface area contributed by atoms with Gasteiger partial charge in [0.2, 0.25) is 15.9 Å². The van der Waals surface area contributed by atoms with E-state index >= 15 is 0 Å². The number of hydrogen-bond donors (Lipinski definition) is 2. The van der Waals surface area contributed by atoms with E-state index in [-0.39, 0.29) is 10.8 Å². The number of sulfonamides is 1. The standard InChI is InChI=1S/C17H22N2O3S2/c1-17(2,3)19-24(21,22)15-7-5-4-6-14(15)18-16(20)9-8-13-10-11-23-12-13/h4-7,10-12,19H,8-9H2,1-3H3,(H,18,20). The number of carbonyl (C=O) groups excluding carboxylic acids is 1. The highest BCUT2D eigenvalue weighted by atomic mass is 32.2. The minimum Gasteiger partial charge on any atom is -0.325 e. The molecule has 1 aromatic carbocycles. The summed E-state index contributed by atoms with van der Waals surface area (Å²) in [5.41, 5.74) is 0.796. The second kappa shape index (κ2) is 7.46. The van der Waals surface area contributed by atoms with E-state index < -0.39 is 15.6 Å². The number of hydrogen-bond acceptors (Lipinski definition) is 4. The number of benzene rings is 1. The van der Waals surface area contributed by atoms with Crippen LogP contribution in [-0.4, -0.2) is 19.9 Å². The second-order valence-corrected chi connectivity index (χ2v) is 8.96. The Kier molecular flexibility index (Phi) is 5.79. The van der Waals surface area contributed by atoms with Crippen LogP contribution in [0.5, 0.6) is 0 Å². The van der Waals surface area contributed by atoms with Crippen molar-refractivity contribution < 1.29 is 13.2 Å². The van der Waals surface area contributed by atoms with E-state index in [0.717, 1.165) is 5.56 Å². The Morgan fingerprint density at radius 2 is 1.88 bits per heavy atom. The Hall–Kier alpha value is -1.70. The van der Waals surface area contributed by atoms with Crippen molar-refractivity contribution in [2.24, 2.45) is 0 Å². The van der Waals surface area contributed by atoms with Gasteiger partial charge in [0, 0.05) is 12.0 Å². The molecule has 2 rings (SSSR count). The SMILES string of the molecule is CC(C)(C)NS(=O)(=O)c1ccccc1NC(=O)CCc1ccsc1. The van der Waals surface area contributed by atoms with Gasteiger partial charge in [0.15, 0.2) is 0 Å². The van der Waals surface area contributed by atoms with E-state index in [1.807, 2.05) is 16.8 Å². The lowest BCUT2D eigenvalue weighted by Crippen LogP contribution is -2.40. The summed E-state index contributed by atoms with van der Waals surface area (Å²) < 4.78 is 27.7. The number of nitrogens with one attached hydrogen (secondary N) is 2. The van der Waals surface area contributed by atoms with Gasteiger partial charge in [0.1, 0.15) is 4.90 Å². The quantitative estimate of drug-likeness (QED) is 0.823. The van der Waals surface area contributed by atoms with Crippen molar-refractivity contribution >= 4 is 33.0 Å². The normalized spacial score (nSPS) is 12.1. The zero-order valence-electron chi connectivity index (χ0n) is 14.0. The molecule has 7 heteroatoms. The molecule has 1 heterocycles. The zero-order valence-corrected chi connectivity index (χ0v) is 15.6. The van der Waals surface area contributed by atoms with E-state index in [4.69, 9.17) is 0 Å². The zero-order chi connectivity index (χ0) is 17.8. The summed E-state index contributed by atoms with van der Waals surface area (Å²) in [5, 5.41) is 6.67. The van der Waals surface area contributed by atoms with Gasteiger partial charge in [0.05, 0.1) is 5.69 Å². The van der Waals surface area contributed by atoms with Crippen LogP contribution in [0.4, 0.5) is 5.69 Å². The molecule has 0 aliphatic heterocycles. The first-order valence-corrected chi connectivity index (χ1v) is 10.0. The Morgan fingerprint density at radius 1 is 1.17 bits per heavy atom. The molecule has 0 aliphatic rings. The van der Waals surface area contributed by atoms with E-state index in [0.29, 0.717) is 18.5 Å². The van der Waals surface area contributed by atoms with Gasteiger partial charge in [-0.05, 0) is 61.7 Å². The first-order valence-electron chi connectivity index (χ1n) is 7.61. The van der Waals surface area contributed by atoms with E-state index in [9.17, 15) is 13.2 Å². The Balaban J connectivity index is 2.12. The lowest BCUT2D eigenvalue weighted by molar-refractivity contribution is -0.116. The number of anilines is 1. The Labute approximate surface area is 147 Å². The maximum absolute atomic E-state index is 12.5. The van der Waals surface area contributed by atoms with Crippen LogP contribution >= 0.6 is 11.3 Å². The predicted molar refractivity (Wildman–Crippen MR) is 97.8 cm³/mol. The Bertz CT molecular complexity index is 791. The molecule has 0 bridgehead atoms. The fourth-order valence-corrected chi connectivity index (χ4v) is 4.45. The highest BCUT2D eigenvalue weighted by Crippen LogP contribution is 2.22. The maximum atomic E-state index is 12.5. The molecular weight excluding hydrogens is 344 g/mol. The molecular formula is C17H22N2O3S2. The second-order valence-electron chi connectivity index (χ2n) is 6.53. The molecule has 1 amide bonds. The summed E-state index contributed by atoms with van der Waals surface area (Å²) in [4.78, 5) is 12.2. The third kappa shape index (κ3) is 5.43. The third-order valence-electron chi connectivity index (χ3n) is 3.11. The van der Waals surface area contributed by atoms with Crippen molar-refractivity contribution in [2.45, 2.75) is 44.0 Å². The van der Waals surface area contributed by atoms with Gasteiger partial charge in [-0.1, -0.05) is 12.1 Å². The average Bonchev–Trinajstić information content (AvgIpc) is 2.96. The number of aryl methyl sites for hydroxylation is 1. The average molecular weight is 367 g/mol. The molecule has 0 unspecified atom stereocenters. The van der Waals surface area contributed by atoms with Crippen molar-refractivity contribution in [3.63, 3.8) is 0 Å². The summed E-state index contributed by atoms with van der Waals surface area (Å²) in [6.07, 6.45) is 0.933. The maximum Gasteiger partial charge on any atom is 0.243 e. The predicted octanol–water partition coefficient (Wildman–Crippen LogP) is 3.40. The van der Waals surface area contributed by atoms with Gasteiger partial charge in [-0.3, -0.25) is 4.79 Å². The number of thiophene rings is 1. The monoisotopic (exact) mass is 366 g/mol. The fourth-order valence-electron chi connectivity index (χ4n) is 2.17. The molecule has 130 valence electrons. The molecule has 2 N–H and O–H groups in total. The summed E-state index contributed by atoms with van der Waals surface area (Å²) >= 11 is 1.59. The van der Waals surface area contributed by atoms with Crippen LogP contribution in [0.1, 0.15) is 32.8 Å². The van der Waals surface area contributed by atoms with Gasteiger partial charge in [-0.25, -0.2) is 13.1 Å². The van der Waals surface area contributed by atoms with Gasteiger partial charge < -0.3 is 5.32 Å². The first-order chi connectivity index (χ1) is 11.2. The van der Waals surface area contributed by atoms with Crippen LogP contribution in [0.25, 0.3) is 0 Å². The van der Waals surface area contributed by atoms with Crippen LogP contribution in [0, 0.1) is 0 Å². The van der Waals surface area contributed by atoms with Crippen molar-refractivity contribution in [3.05, 3.63) is 46.7 Å². The molecule has 0 radical (unpaired) electrons. The van der Waals surface area contributed by atoms with Gasteiger partial charge in [0.25, 0.3) is 0 Å². The third-order valence-corrected chi connectivity index (χ3v) is 5.66. The topological polar surface area (TPSA) is 75.3 Å². The summed E-state index contributed by atoms with van der Waals surface area (Å²) in [7, 11) is -3.72. The fraction of sp³-hybridized carbons (Fsp3) is 0.353. The largest absolute Gasteiger partial charge is 0.325 e. The highest BCUT2D eigenvalue weighted by Gasteiger charge is 2.24. The summed E-state index contributed by atoms with van der Waals surface area (Å²) in [6.45, 7) is 5.31. The molecule has 0 fully saturated rings. The number of carbonyl (C=O) groups is 1. The molecule has 0 atom stereocenters. The summed E-state index contributed by atoms with van der Waals surface area (Å²) in [6, 6.07) is 8.40. The molecule has 0 saturated heterocycles. The van der Waals surface area contributed by atoms with Crippen molar-refractivity contribution in [2.75, 3.05) is 5.32 Å². The molecule has 0 aliphatic carbocycles. The van der Waals surface area contributed by atoms with Crippen LogP contribution in [0.15, 0.2) is 46.0 Å². The highest BCUT2D eigenvalue weighted by molar-refractivity contribution is 7.89. The number of rotatable bonds is 6. The molecule has 0 saturated carbocycles. The van der Waals surface area contributed by atoms with Crippen LogP contribution in [-0.2, 0) is 21.2 Å². The first kappa shape index (κ1) is 18.6. The van der Waals surface area contributed by atoms with Crippen LogP contribution in [0.3, 0.4) is 0 Å². The number of amides is 1. The van der Waals surface area contributed by atoms with Gasteiger partial charge in [-0.2, -0.15) is 11.3 Å². The molecule has 2 aromatic rings.